The highest BCUT2D eigenvalue weighted by atomic mass is 16.5. The van der Waals surface area contributed by atoms with Gasteiger partial charge >= 0.3 is 5.97 Å². The van der Waals surface area contributed by atoms with Gasteiger partial charge in [0.2, 0.25) is 5.91 Å². The molecule has 5 heteroatoms. The third-order valence-corrected chi connectivity index (χ3v) is 3.74. The summed E-state index contributed by atoms with van der Waals surface area (Å²) in [5.74, 6) is -0.438. The number of hydrazone groups is 1. The summed E-state index contributed by atoms with van der Waals surface area (Å²) >= 11 is 0. The van der Waals surface area contributed by atoms with E-state index in [0.717, 1.165) is 18.4 Å². The molecule has 1 N–H and O–H groups in total. The second-order valence-corrected chi connectivity index (χ2v) is 5.78. The number of esters is 1. The van der Waals surface area contributed by atoms with Crippen LogP contribution in [0, 0.1) is 0 Å². The molecule has 5 nitrogen and oxygen atoms in total. The number of rotatable bonds is 11. The molecule has 1 rings (SSSR count). The molecular weight excluding hydrogens is 304 g/mol. The van der Waals surface area contributed by atoms with Crippen molar-refractivity contribution in [2.75, 3.05) is 7.11 Å². The molecule has 0 atom stereocenters. The summed E-state index contributed by atoms with van der Waals surface area (Å²) in [6.45, 7) is 2.21. The number of benzene rings is 1. The molecular formula is C19H28N2O3. The SMILES string of the molecule is CCCCCCCCCC(=O)NN=Cc1ccc(C(=O)OC)cc1. The molecule has 0 saturated carbocycles. The van der Waals surface area contributed by atoms with Crippen LogP contribution in [0.5, 0.6) is 0 Å². The van der Waals surface area contributed by atoms with Gasteiger partial charge in [-0.25, -0.2) is 10.2 Å². The van der Waals surface area contributed by atoms with Crippen LogP contribution in [0.3, 0.4) is 0 Å². The minimum Gasteiger partial charge on any atom is -0.465 e. The summed E-state index contributed by atoms with van der Waals surface area (Å²) in [6, 6.07) is 6.82. The van der Waals surface area contributed by atoms with E-state index >= 15 is 0 Å². The van der Waals surface area contributed by atoms with E-state index in [9.17, 15) is 9.59 Å². The summed E-state index contributed by atoms with van der Waals surface area (Å²) < 4.78 is 4.63. The topological polar surface area (TPSA) is 67.8 Å². The predicted octanol–water partition coefficient (Wildman–Crippen LogP) is 4.06. The lowest BCUT2D eigenvalue weighted by molar-refractivity contribution is -0.121. The van der Waals surface area contributed by atoms with Crippen LogP contribution in [-0.2, 0) is 9.53 Å². The predicted molar refractivity (Wildman–Crippen MR) is 96.1 cm³/mol. The lowest BCUT2D eigenvalue weighted by Gasteiger charge is -2.01. The number of hydrogen-bond donors (Lipinski definition) is 1. The highest BCUT2D eigenvalue weighted by Gasteiger charge is 2.03. The van der Waals surface area contributed by atoms with Gasteiger partial charge in [-0.1, -0.05) is 57.6 Å². The van der Waals surface area contributed by atoms with Gasteiger partial charge in [-0.15, -0.1) is 0 Å². The number of ether oxygens (including phenoxy) is 1. The normalized spacial score (nSPS) is 10.8. The van der Waals surface area contributed by atoms with Crippen molar-refractivity contribution >= 4 is 18.1 Å². The Hall–Kier alpha value is -2.17. The molecule has 0 aromatic heterocycles. The van der Waals surface area contributed by atoms with Crippen LogP contribution in [0.1, 0.15) is 74.2 Å². The molecule has 0 aliphatic carbocycles. The highest BCUT2D eigenvalue weighted by Crippen LogP contribution is 2.08. The monoisotopic (exact) mass is 332 g/mol. The van der Waals surface area contributed by atoms with Crippen LogP contribution >= 0.6 is 0 Å². The zero-order chi connectivity index (χ0) is 17.6. The molecule has 132 valence electrons. The fourth-order valence-electron chi connectivity index (χ4n) is 2.30. The van der Waals surface area contributed by atoms with Crippen molar-refractivity contribution in [1.29, 1.82) is 0 Å². The minimum atomic E-state index is -0.374. The molecule has 24 heavy (non-hydrogen) atoms. The van der Waals surface area contributed by atoms with Crippen molar-refractivity contribution in [3.8, 4) is 0 Å². The summed E-state index contributed by atoms with van der Waals surface area (Å²) in [4.78, 5) is 23.0. The van der Waals surface area contributed by atoms with Crippen LogP contribution in [0.15, 0.2) is 29.4 Å². The zero-order valence-electron chi connectivity index (χ0n) is 14.7. The maximum Gasteiger partial charge on any atom is 0.337 e. The quantitative estimate of drug-likeness (QED) is 0.287. The number of amides is 1. The van der Waals surface area contributed by atoms with Crippen LogP contribution in [0.2, 0.25) is 0 Å². The largest absolute Gasteiger partial charge is 0.465 e. The van der Waals surface area contributed by atoms with E-state index in [1.165, 1.54) is 39.2 Å². The first-order chi connectivity index (χ1) is 11.7. The van der Waals surface area contributed by atoms with Gasteiger partial charge in [0.1, 0.15) is 0 Å². The first kappa shape index (κ1) is 19.9. The molecule has 0 spiro atoms. The van der Waals surface area contributed by atoms with Gasteiger partial charge in [0, 0.05) is 6.42 Å². The van der Waals surface area contributed by atoms with Crippen molar-refractivity contribution in [3.05, 3.63) is 35.4 Å². The number of hydrogen-bond acceptors (Lipinski definition) is 4. The molecule has 0 aliphatic heterocycles. The van der Waals surface area contributed by atoms with E-state index < -0.39 is 0 Å². The van der Waals surface area contributed by atoms with Gasteiger partial charge in [0.15, 0.2) is 0 Å². The van der Waals surface area contributed by atoms with Gasteiger partial charge < -0.3 is 4.74 Å². The summed E-state index contributed by atoms with van der Waals surface area (Å²) in [5, 5.41) is 3.93. The second kappa shape index (κ2) is 12.3. The molecule has 1 aromatic rings. The molecule has 0 aliphatic rings. The standard InChI is InChI=1S/C19H28N2O3/c1-3-4-5-6-7-8-9-10-18(22)21-20-15-16-11-13-17(14-12-16)19(23)24-2/h11-15H,3-10H2,1-2H3,(H,21,22). The Labute approximate surface area is 144 Å². The molecule has 1 aromatic carbocycles. The lowest BCUT2D eigenvalue weighted by atomic mass is 10.1. The molecule has 0 unspecified atom stereocenters. The molecule has 1 amide bonds. The molecule has 0 fully saturated rings. The summed E-state index contributed by atoms with van der Waals surface area (Å²) in [5.41, 5.74) is 3.82. The van der Waals surface area contributed by atoms with E-state index in [4.69, 9.17) is 0 Å². The van der Waals surface area contributed by atoms with Crippen LogP contribution < -0.4 is 5.43 Å². The summed E-state index contributed by atoms with van der Waals surface area (Å²) in [6.07, 6.45) is 10.4. The molecule has 0 bridgehead atoms. The first-order valence-corrected chi connectivity index (χ1v) is 8.67. The Kier molecular flexibility index (Phi) is 10.2. The van der Waals surface area contributed by atoms with Crippen molar-refractivity contribution in [2.24, 2.45) is 5.10 Å². The number of unbranched alkanes of at least 4 members (excludes halogenated alkanes) is 6. The second-order valence-electron chi connectivity index (χ2n) is 5.78. The fraction of sp³-hybridized carbons (Fsp3) is 0.526. The average molecular weight is 332 g/mol. The number of methoxy groups -OCH3 is 1. The zero-order valence-corrected chi connectivity index (χ0v) is 14.7. The maximum atomic E-state index is 11.7. The van der Waals surface area contributed by atoms with Gasteiger partial charge in [-0.2, -0.15) is 5.10 Å². The number of nitrogens with zero attached hydrogens (tertiary/aromatic N) is 1. The van der Waals surface area contributed by atoms with E-state index in [0.29, 0.717) is 12.0 Å². The van der Waals surface area contributed by atoms with Gasteiger partial charge in [-0.05, 0) is 24.1 Å². The number of carbonyl (C=O) groups is 2. The minimum absolute atomic E-state index is 0.0639. The Bertz CT molecular complexity index is 524. The van der Waals surface area contributed by atoms with Crippen LogP contribution in [-0.4, -0.2) is 25.2 Å². The van der Waals surface area contributed by atoms with Crippen molar-refractivity contribution in [1.82, 2.24) is 5.43 Å². The van der Waals surface area contributed by atoms with Crippen LogP contribution in [0.25, 0.3) is 0 Å². The maximum absolute atomic E-state index is 11.7. The van der Waals surface area contributed by atoms with Crippen molar-refractivity contribution in [3.63, 3.8) is 0 Å². The number of carbonyl (C=O) groups excluding carboxylic acids is 2. The Morgan fingerprint density at radius 1 is 1.04 bits per heavy atom. The third-order valence-electron chi connectivity index (χ3n) is 3.74. The average Bonchev–Trinajstić information content (AvgIpc) is 2.61. The Morgan fingerprint density at radius 3 is 2.29 bits per heavy atom. The molecule has 0 saturated heterocycles. The summed E-state index contributed by atoms with van der Waals surface area (Å²) in [7, 11) is 1.35. The Morgan fingerprint density at radius 2 is 1.67 bits per heavy atom. The first-order valence-electron chi connectivity index (χ1n) is 8.67. The molecule has 0 radical (unpaired) electrons. The van der Waals surface area contributed by atoms with Gasteiger partial charge in [0.25, 0.3) is 0 Å². The Balaban J connectivity index is 2.19. The van der Waals surface area contributed by atoms with Gasteiger partial charge in [-0.3, -0.25) is 4.79 Å². The van der Waals surface area contributed by atoms with Gasteiger partial charge in [0.05, 0.1) is 18.9 Å². The van der Waals surface area contributed by atoms with E-state index in [1.54, 1.807) is 30.5 Å². The highest BCUT2D eigenvalue weighted by molar-refractivity contribution is 5.90. The van der Waals surface area contributed by atoms with E-state index in [-0.39, 0.29) is 11.9 Å². The van der Waals surface area contributed by atoms with Crippen molar-refractivity contribution < 1.29 is 14.3 Å². The van der Waals surface area contributed by atoms with E-state index in [2.05, 4.69) is 22.2 Å². The third kappa shape index (κ3) is 8.46. The van der Waals surface area contributed by atoms with E-state index in [1.807, 2.05) is 0 Å². The lowest BCUT2D eigenvalue weighted by Crippen LogP contribution is -2.16. The smallest absolute Gasteiger partial charge is 0.337 e. The fourth-order valence-corrected chi connectivity index (χ4v) is 2.30. The molecule has 0 heterocycles. The number of nitrogens with one attached hydrogen (secondary N) is 1. The van der Waals surface area contributed by atoms with Crippen molar-refractivity contribution in [2.45, 2.75) is 58.3 Å². The van der Waals surface area contributed by atoms with Crippen LogP contribution in [0.4, 0.5) is 0 Å².